The van der Waals surface area contributed by atoms with E-state index in [-0.39, 0.29) is 5.82 Å². The van der Waals surface area contributed by atoms with Gasteiger partial charge in [-0.2, -0.15) is 0 Å². The Bertz CT molecular complexity index is 511. The van der Waals surface area contributed by atoms with E-state index in [4.69, 9.17) is 5.73 Å². The Morgan fingerprint density at radius 1 is 1.39 bits per heavy atom. The highest BCUT2D eigenvalue weighted by molar-refractivity contribution is 7.10. The lowest BCUT2D eigenvalue weighted by molar-refractivity contribution is 0.256. The average molecular weight is 264 g/mol. The van der Waals surface area contributed by atoms with E-state index < -0.39 is 0 Å². The van der Waals surface area contributed by atoms with E-state index in [1.54, 1.807) is 17.4 Å². The monoisotopic (exact) mass is 264 g/mol. The molecule has 4 heteroatoms. The van der Waals surface area contributed by atoms with Gasteiger partial charge in [0.2, 0.25) is 0 Å². The molecular weight excluding hydrogens is 247 g/mol. The Hall–Kier alpha value is -1.39. The summed E-state index contributed by atoms with van der Waals surface area (Å²) < 4.78 is 13.2. The normalized spacial score (nSPS) is 12.9. The van der Waals surface area contributed by atoms with Gasteiger partial charge in [0.25, 0.3) is 0 Å². The molecule has 0 aliphatic carbocycles. The molecular formula is C14H17FN2S. The highest BCUT2D eigenvalue weighted by Gasteiger charge is 2.14. The Labute approximate surface area is 111 Å². The van der Waals surface area contributed by atoms with Gasteiger partial charge in [-0.15, -0.1) is 11.3 Å². The number of nitrogens with zero attached hydrogens (tertiary/aromatic N) is 1. The molecule has 96 valence electrons. The van der Waals surface area contributed by atoms with Gasteiger partial charge in [0.05, 0.1) is 0 Å². The number of hydrogen-bond donors (Lipinski definition) is 1. The second-order valence-corrected chi connectivity index (χ2v) is 5.43. The third-order valence-electron chi connectivity index (χ3n) is 3.14. The van der Waals surface area contributed by atoms with Crippen molar-refractivity contribution in [2.75, 3.05) is 12.8 Å². The van der Waals surface area contributed by atoms with Gasteiger partial charge in [-0.1, -0.05) is 6.07 Å². The number of benzene rings is 1. The quantitative estimate of drug-likeness (QED) is 0.854. The molecule has 2 N–H and O–H groups in total. The summed E-state index contributed by atoms with van der Waals surface area (Å²) in [6, 6.07) is 8.97. The van der Waals surface area contributed by atoms with Gasteiger partial charge < -0.3 is 5.73 Å². The maximum Gasteiger partial charge on any atom is 0.123 e. The van der Waals surface area contributed by atoms with Crippen LogP contribution >= 0.6 is 11.3 Å². The largest absolute Gasteiger partial charge is 0.398 e. The average Bonchev–Trinajstić information content (AvgIpc) is 2.86. The summed E-state index contributed by atoms with van der Waals surface area (Å²) in [5.74, 6) is -0.239. The summed E-state index contributed by atoms with van der Waals surface area (Å²) in [5, 5.41) is 2.07. The van der Waals surface area contributed by atoms with E-state index in [2.05, 4.69) is 23.3 Å². The second-order valence-electron chi connectivity index (χ2n) is 4.45. The van der Waals surface area contributed by atoms with Crippen molar-refractivity contribution in [3.8, 4) is 0 Å². The van der Waals surface area contributed by atoms with Crippen LogP contribution in [0, 0.1) is 5.82 Å². The first-order valence-electron chi connectivity index (χ1n) is 5.85. The van der Waals surface area contributed by atoms with Crippen molar-refractivity contribution in [1.29, 1.82) is 0 Å². The van der Waals surface area contributed by atoms with Crippen LogP contribution in [0.2, 0.25) is 0 Å². The maximum absolute atomic E-state index is 13.2. The molecule has 0 radical (unpaired) electrons. The maximum atomic E-state index is 13.2. The molecule has 1 atom stereocenters. The SMILES string of the molecule is CC(c1cccs1)N(C)Cc1cc(F)ccc1N. The zero-order valence-electron chi connectivity index (χ0n) is 10.6. The van der Waals surface area contributed by atoms with Gasteiger partial charge in [-0.3, -0.25) is 4.90 Å². The summed E-state index contributed by atoms with van der Waals surface area (Å²) >= 11 is 1.73. The molecule has 0 saturated heterocycles. The standard InChI is InChI=1S/C14H17FN2S/c1-10(14-4-3-7-18-14)17(2)9-11-8-12(15)5-6-13(11)16/h3-8,10H,9,16H2,1-2H3. The zero-order chi connectivity index (χ0) is 13.1. The third-order valence-corrected chi connectivity index (χ3v) is 4.18. The molecule has 2 nitrogen and oxygen atoms in total. The topological polar surface area (TPSA) is 29.3 Å². The smallest absolute Gasteiger partial charge is 0.123 e. The molecule has 1 aromatic heterocycles. The predicted octanol–water partition coefficient (Wildman–Crippen LogP) is 3.66. The molecule has 2 rings (SSSR count). The van der Waals surface area contributed by atoms with Crippen LogP contribution in [0.5, 0.6) is 0 Å². The molecule has 0 spiro atoms. The second kappa shape index (κ2) is 5.50. The summed E-state index contributed by atoms with van der Waals surface area (Å²) in [7, 11) is 2.02. The summed E-state index contributed by atoms with van der Waals surface area (Å²) in [5.41, 5.74) is 7.34. The Morgan fingerprint density at radius 3 is 2.83 bits per heavy atom. The Balaban J connectivity index is 2.11. The first-order valence-corrected chi connectivity index (χ1v) is 6.73. The highest BCUT2D eigenvalue weighted by atomic mass is 32.1. The van der Waals surface area contributed by atoms with Crippen LogP contribution in [-0.2, 0) is 6.54 Å². The van der Waals surface area contributed by atoms with Crippen LogP contribution in [0.3, 0.4) is 0 Å². The van der Waals surface area contributed by atoms with E-state index in [9.17, 15) is 4.39 Å². The van der Waals surface area contributed by atoms with Gasteiger partial charge >= 0.3 is 0 Å². The molecule has 0 aliphatic heterocycles. The Morgan fingerprint density at radius 2 is 2.17 bits per heavy atom. The fraction of sp³-hybridized carbons (Fsp3) is 0.286. The summed E-state index contributed by atoms with van der Waals surface area (Å²) in [6.07, 6.45) is 0. The van der Waals surface area contributed by atoms with Crippen LogP contribution in [0.25, 0.3) is 0 Å². The van der Waals surface area contributed by atoms with Crippen molar-refractivity contribution >= 4 is 17.0 Å². The number of anilines is 1. The lowest BCUT2D eigenvalue weighted by Crippen LogP contribution is -2.21. The Kier molecular flexibility index (Phi) is 3.99. The van der Waals surface area contributed by atoms with E-state index in [0.717, 1.165) is 5.56 Å². The van der Waals surface area contributed by atoms with Crippen LogP contribution in [0.15, 0.2) is 35.7 Å². The van der Waals surface area contributed by atoms with Crippen molar-refractivity contribution in [2.45, 2.75) is 19.5 Å². The van der Waals surface area contributed by atoms with Crippen molar-refractivity contribution in [2.24, 2.45) is 0 Å². The molecule has 1 unspecified atom stereocenters. The number of nitrogen functional groups attached to an aromatic ring is 1. The number of thiophene rings is 1. The van der Waals surface area contributed by atoms with Gasteiger partial charge in [0.15, 0.2) is 0 Å². The molecule has 1 heterocycles. The molecule has 0 aliphatic rings. The van der Waals surface area contributed by atoms with Crippen LogP contribution in [-0.4, -0.2) is 11.9 Å². The lowest BCUT2D eigenvalue weighted by Gasteiger charge is -2.24. The third kappa shape index (κ3) is 2.89. The first-order chi connectivity index (χ1) is 8.58. The minimum Gasteiger partial charge on any atom is -0.398 e. The van der Waals surface area contributed by atoms with Gasteiger partial charge in [-0.25, -0.2) is 4.39 Å². The number of rotatable bonds is 4. The van der Waals surface area contributed by atoms with Crippen LogP contribution in [0.4, 0.5) is 10.1 Å². The molecule has 0 bridgehead atoms. The van der Waals surface area contributed by atoms with E-state index >= 15 is 0 Å². The minimum atomic E-state index is -0.239. The number of nitrogens with two attached hydrogens (primary N) is 1. The van der Waals surface area contributed by atoms with E-state index in [1.807, 2.05) is 13.1 Å². The zero-order valence-corrected chi connectivity index (χ0v) is 11.4. The van der Waals surface area contributed by atoms with Crippen LogP contribution < -0.4 is 5.73 Å². The molecule has 0 fully saturated rings. The predicted molar refractivity (Wildman–Crippen MR) is 75.0 cm³/mol. The van der Waals surface area contributed by atoms with Gasteiger partial charge in [-0.05, 0) is 49.2 Å². The minimum absolute atomic E-state index is 0.239. The number of hydrogen-bond acceptors (Lipinski definition) is 3. The highest BCUT2D eigenvalue weighted by Crippen LogP contribution is 2.26. The molecule has 0 saturated carbocycles. The number of halogens is 1. The molecule has 0 amide bonds. The molecule has 1 aromatic carbocycles. The summed E-state index contributed by atoms with van der Waals surface area (Å²) in [6.45, 7) is 2.78. The molecule has 2 aromatic rings. The fourth-order valence-electron chi connectivity index (χ4n) is 1.86. The van der Waals surface area contributed by atoms with E-state index in [0.29, 0.717) is 18.3 Å². The first kappa shape index (κ1) is 13.1. The van der Waals surface area contributed by atoms with E-state index in [1.165, 1.54) is 17.0 Å². The summed E-state index contributed by atoms with van der Waals surface area (Å²) in [4.78, 5) is 3.46. The molecule has 18 heavy (non-hydrogen) atoms. The lowest BCUT2D eigenvalue weighted by atomic mass is 10.1. The van der Waals surface area contributed by atoms with Gasteiger partial charge in [0, 0.05) is 23.2 Å². The van der Waals surface area contributed by atoms with Crippen molar-refractivity contribution in [1.82, 2.24) is 4.90 Å². The fourth-order valence-corrected chi connectivity index (χ4v) is 2.71. The van der Waals surface area contributed by atoms with Gasteiger partial charge in [0.1, 0.15) is 5.82 Å². The van der Waals surface area contributed by atoms with Crippen LogP contribution in [0.1, 0.15) is 23.4 Å². The van der Waals surface area contributed by atoms with Crippen molar-refractivity contribution in [3.63, 3.8) is 0 Å². The van der Waals surface area contributed by atoms with Crippen molar-refractivity contribution < 1.29 is 4.39 Å². The van der Waals surface area contributed by atoms with Crippen molar-refractivity contribution in [3.05, 3.63) is 52.0 Å².